The van der Waals surface area contributed by atoms with Crippen LogP contribution >= 0.6 is 0 Å². The van der Waals surface area contributed by atoms with Crippen molar-refractivity contribution in [3.8, 4) is 0 Å². The molecule has 3 unspecified atom stereocenters. The molecule has 0 radical (unpaired) electrons. The van der Waals surface area contributed by atoms with E-state index in [1.807, 2.05) is 0 Å². The average molecular weight is 201 g/mol. The van der Waals surface area contributed by atoms with E-state index in [0.717, 1.165) is 5.92 Å². The fourth-order valence-electron chi connectivity index (χ4n) is 3.14. The Morgan fingerprint density at radius 1 is 1.40 bits per heavy atom. The molecule has 0 spiro atoms. The van der Waals surface area contributed by atoms with E-state index < -0.39 is 0 Å². The van der Waals surface area contributed by atoms with Crippen LogP contribution in [0.1, 0.15) is 32.6 Å². The molecule has 0 aromatic rings. The predicted octanol–water partition coefficient (Wildman–Crippen LogP) is 2.96. The second-order valence-electron chi connectivity index (χ2n) is 5.12. The molecule has 0 amide bonds. The van der Waals surface area contributed by atoms with Crippen LogP contribution in [0, 0.1) is 5.92 Å². The Labute approximate surface area is 91.9 Å². The Morgan fingerprint density at radius 2 is 2.33 bits per heavy atom. The zero-order valence-electron chi connectivity index (χ0n) is 9.37. The molecule has 0 bridgehead atoms. The van der Waals surface area contributed by atoms with Gasteiger partial charge in [-0.15, -0.1) is 0 Å². The quantitative estimate of drug-likeness (QED) is 0.635. The standard InChI is InChI=1S/C14H19N/c1-10-5-4-7-12-9-11-6-2-3-8-13(11)15-14(10)12/h2-3,6,9-10,13-15H,4-5,7-8H2,1H3. The lowest BCUT2D eigenvalue weighted by molar-refractivity contribution is 0.317. The van der Waals surface area contributed by atoms with Crippen LogP contribution in [0.25, 0.3) is 0 Å². The van der Waals surface area contributed by atoms with Gasteiger partial charge in [0.25, 0.3) is 0 Å². The van der Waals surface area contributed by atoms with Crippen molar-refractivity contribution in [2.75, 3.05) is 0 Å². The van der Waals surface area contributed by atoms with E-state index in [9.17, 15) is 0 Å². The van der Waals surface area contributed by atoms with E-state index in [-0.39, 0.29) is 0 Å². The molecule has 2 aliphatic carbocycles. The summed E-state index contributed by atoms with van der Waals surface area (Å²) in [5.74, 6) is 0.817. The van der Waals surface area contributed by atoms with Gasteiger partial charge >= 0.3 is 0 Å². The van der Waals surface area contributed by atoms with Crippen molar-refractivity contribution in [3.63, 3.8) is 0 Å². The van der Waals surface area contributed by atoms with Crippen LogP contribution in [0.4, 0.5) is 0 Å². The van der Waals surface area contributed by atoms with Crippen molar-refractivity contribution < 1.29 is 0 Å². The van der Waals surface area contributed by atoms with Crippen LogP contribution in [0.3, 0.4) is 0 Å². The van der Waals surface area contributed by atoms with Crippen LogP contribution in [0.5, 0.6) is 0 Å². The van der Waals surface area contributed by atoms with Crippen molar-refractivity contribution in [2.45, 2.75) is 44.7 Å². The summed E-state index contributed by atoms with van der Waals surface area (Å²) in [4.78, 5) is 0. The van der Waals surface area contributed by atoms with Crippen molar-refractivity contribution in [1.29, 1.82) is 0 Å². The van der Waals surface area contributed by atoms with Crippen LogP contribution in [-0.4, -0.2) is 12.1 Å². The van der Waals surface area contributed by atoms with Gasteiger partial charge in [-0.05, 0) is 37.2 Å². The van der Waals surface area contributed by atoms with Crippen LogP contribution in [0.2, 0.25) is 0 Å². The van der Waals surface area contributed by atoms with Crippen molar-refractivity contribution in [3.05, 3.63) is 35.5 Å². The molecule has 1 N–H and O–H groups in total. The third-order valence-corrected chi connectivity index (χ3v) is 4.03. The van der Waals surface area contributed by atoms with Crippen molar-refractivity contribution >= 4 is 0 Å². The molecule has 0 aromatic heterocycles. The molecule has 80 valence electrons. The van der Waals surface area contributed by atoms with Gasteiger partial charge in [-0.3, -0.25) is 0 Å². The molecule has 0 aromatic carbocycles. The summed E-state index contributed by atoms with van der Waals surface area (Å²) in [6.45, 7) is 2.39. The van der Waals surface area contributed by atoms with Gasteiger partial charge in [0.05, 0.1) is 0 Å². The lowest BCUT2D eigenvalue weighted by Gasteiger charge is -2.40. The van der Waals surface area contributed by atoms with Gasteiger partial charge in [0.2, 0.25) is 0 Å². The van der Waals surface area contributed by atoms with Crippen LogP contribution in [-0.2, 0) is 0 Å². The van der Waals surface area contributed by atoms with E-state index in [1.165, 1.54) is 31.3 Å². The summed E-state index contributed by atoms with van der Waals surface area (Å²) in [6, 6.07) is 1.25. The first-order valence-electron chi connectivity index (χ1n) is 6.18. The molecule has 15 heavy (non-hydrogen) atoms. The molecule has 3 atom stereocenters. The Morgan fingerprint density at radius 3 is 3.27 bits per heavy atom. The average Bonchev–Trinajstić information content (AvgIpc) is 2.27. The lowest BCUT2D eigenvalue weighted by Crippen LogP contribution is -2.48. The Hall–Kier alpha value is -0.820. The smallest absolute Gasteiger partial charge is 0.0360 e. The summed E-state index contributed by atoms with van der Waals surface area (Å²) < 4.78 is 0. The summed E-state index contributed by atoms with van der Waals surface area (Å²) >= 11 is 0. The number of hydrogen-bond donors (Lipinski definition) is 1. The van der Waals surface area contributed by atoms with E-state index in [4.69, 9.17) is 0 Å². The highest BCUT2D eigenvalue weighted by Gasteiger charge is 2.32. The largest absolute Gasteiger partial charge is 0.303 e. The first-order chi connectivity index (χ1) is 7.34. The maximum atomic E-state index is 3.82. The molecule has 3 rings (SSSR count). The van der Waals surface area contributed by atoms with Gasteiger partial charge in [0.1, 0.15) is 0 Å². The summed E-state index contributed by atoms with van der Waals surface area (Å²) in [7, 11) is 0. The number of nitrogens with one attached hydrogen (secondary N) is 1. The minimum Gasteiger partial charge on any atom is -0.303 e. The Bertz CT molecular complexity index is 348. The number of rotatable bonds is 0. The van der Waals surface area contributed by atoms with Gasteiger partial charge in [-0.25, -0.2) is 0 Å². The van der Waals surface area contributed by atoms with Gasteiger partial charge in [-0.1, -0.05) is 36.8 Å². The molecule has 0 saturated heterocycles. The van der Waals surface area contributed by atoms with Gasteiger partial charge < -0.3 is 5.32 Å². The van der Waals surface area contributed by atoms with E-state index in [0.29, 0.717) is 12.1 Å². The van der Waals surface area contributed by atoms with Crippen LogP contribution in [0.15, 0.2) is 35.5 Å². The molecular weight excluding hydrogens is 182 g/mol. The van der Waals surface area contributed by atoms with E-state index >= 15 is 0 Å². The van der Waals surface area contributed by atoms with Crippen molar-refractivity contribution in [1.82, 2.24) is 5.32 Å². The summed E-state index contributed by atoms with van der Waals surface area (Å²) in [5.41, 5.74) is 3.14. The molecule has 1 fully saturated rings. The van der Waals surface area contributed by atoms with E-state index in [2.05, 4.69) is 36.5 Å². The topological polar surface area (TPSA) is 12.0 Å². The molecule has 1 heteroatoms. The molecular formula is C14H19N. The third kappa shape index (κ3) is 1.59. The summed E-state index contributed by atoms with van der Waals surface area (Å²) in [6.07, 6.45) is 14.4. The highest BCUT2D eigenvalue weighted by atomic mass is 15.0. The zero-order valence-corrected chi connectivity index (χ0v) is 9.37. The normalized spacial score (nSPS) is 38.9. The monoisotopic (exact) mass is 201 g/mol. The fraction of sp³-hybridized carbons (Fsp3) is 0.571. The maximum Gasteiger partial charge on any atom is 0.0360 e. The molecule has 1 nitrogen and oxygen atoms in total. The maximum absolute atomic E-state index is 3.82. The minimum absolute atomic E-state index is 0.587. The molecule has 1 saturated carbocycles. The highest BCUT2D eigenvalue weighted by Crippen LogP contribution is 2.34. The van der Waals surface area contributed by atoms with Gasteiger partial charge in [-0.2, -0.15) is 0 Å². The van der Waals surface area contributed by atoms with Gasteiger partial charge in [0.15, 0.2) is 0 Å². The van der Waals surface area contributed by atoms with E-state index in [1.54, 1.807) is 5.57 Å². The SMILES string of the molecule is CC1CCCC2=CC3=CC=CCC3NC21. The number of hydrogen-bond acceptors (Lipinski definition) is 1. The van der Waals surface area contributed by atoms with Crippen LogP contribution < -0.4 is 5.32 Å². The predicted molar refractivity (Wildman–Crippen MR) is 63.6 cm³/mol. The highest BCUT2D eigenvalue weighted by molar-refractivity contribution is 5.40. The zero-order chi connectivity index (χ0) is 10.3. The minimum atomic E-state index is 0.587. The fourth-order valence-corrected chi connectivity index (χ4v) is 3.14. The number of fused-ring (bicyclic) bond motifs is 2. The van der Waals surface area contributed by atoms with Gasteiger partial charge in [0, 0.05) is 12.1 Å². The Balaban J connectivity index is 1.93. The third-order valence-electron chi connectivity index (χ3n) is 4.03. The molecule has 3 aliphatic rings. The second-order valence-corrected chi connectivity index (χ2v) is 5.12. The first-order valence-corrected chi connectivity index (χ1v) is 6.18. The second kappa shape index (κ2) is 3.64. The van der Waals surface area contributed by atoms with Crippen molar-refractivity contribution in [2.24, 2.45) is 5.92 Å². The molecule has 1 aliphatic heterocycles. The number of allylic oxidation sites excluding steroid dienone is 2. The molecule has 1 heterocycles. The lowest BCUT2D eigenvalue weighted by atomic mass is 9.77. The Kier molecular flexibility index (Phi) is 2.28. The first kappa shape index (κ1) is 9.41. The summed E-state index contributed by atoms with van der Waals surface area (Å²) in [5, 5.41) is 3.82.